The molecule has 1 fully saturated rings. The van der Waals surface area contributed by atoms with Crippen molar-refractivity contribution in [1.29, 1.82) is 5.26 Å². The fourth-order valence-corrected chi connectivity index (χ4v) is 2.05. The van der Waals surface area contributed by atoms with Crippen LogP contribution >= 0.6 is 0 Å². The van der Waals surface area contributed by atoms with E-state index in [0.717, 1.165) is 19.4 Å². The molecule has 0 amide bonds. The molecule has 0 aromatic rings. The smallest absolute Gasteiger partial charge is 0.104 e. The van der Waals surface area contributed by atoms with Gasteiger partial charge in [0.2, 0.25) is 0 Å². The molecular weight excluding hydrogens is 210 g/mol. The SMILES string of the molecule is CCC(C)N(C)CCCC(C)(C#N)NC1CC1. The quantitative estimate of drug-likeness (QED) is 0.705. The molecular formula is C14H27N3. The van der Waals surface area contributed by atoms with E-state index in [9.17, 15) is 5.26 Å². The second-order valence-electron chi connectivity index (χ2n) is 5.70. The van der Waals surface area contributed by atoms with Crippen molar-refractivity contribution >= 4 is 0 Å². The molecule has 98 valence electrons. The van der Waals surface area contributed by atoms with Gasteiger partial charge in [-0.2, -0.15) is 5.26 Å². The Kier molecular flexibility index (Phi) is 5.42. The largest absolute Gasteiger partial charge is 0.304 e. The molecule has 1 saturated carbocycles. The number of nitrogens with zero attached hydrogens (tertiary/aromatic N) is 2. The highest BCUT2D eigenvalue weighted by Gasteiger charge is 2.32. The lowest BCUT2D eigenvalue weighted by Crippen LogP contribution is -2.43. The van der Waals surface area contributed by atoms with Crippen LogP contribution in [0.15, 0.2) is 0 Å². The summed E-state index contributed by atoms with van der Waals surface area (Å²) in [6, 6.07) is 3.68. The summed E-state index contributed by atoms with van der Waals surface area (Å²) in [5.74, 6) is 0. The molecule has 0 saturated heterocycles. The van der Waals surface area contributed by atoms with Crippen molar-refractivity contribution in [2.75, 3.05) is 13.6 Å². The maximum Gasteiger partial charge on any atom is 0.104 e. The molecule has 3 heteroatoms. The van der Waals surface area contributed by atoms with Crippen LogP contribution in [0.1, 0.15) is 52.9 Å². The lowest BCUT2D eigenvalue weighted by atomic mass is 9.97. The molecule has 0 bridgehead atoms. The van der Waals surface area contributed by atoms with Crippen LogP contribution in [0.3, 0.4) is 0 Å². The Morgan fingerprint density at radius 2 is 2.18 bits per heavy atom. The third kappa shape index (κ3) is 5.06. The number of rotatable bonds is 8. The Morgan fingerprint density at radius 3 is 2.65 bits per heavy atom. The van der Waals surface area contributed by atoms with Crippen LogP contribution in [-0.2, 0) is 0 Å². The summed E-state index contributed by atoms with van der Waals surface area (Å²) in [5.41, 5.74) is -0.322. The third-order valence-electron chi connectivity index (χ3n) is 3.88. The van der Waals surface area contributed by atoms with Gasteiger partial charge in [-0.1, -0.05) is 6.92 Å². The van der Waals surface area contributed by atoms with Gasteiger partial charge in [0, 0.05) is 12.1 Å². The summed E-state index contributed by atoms with van der Waals surface area (Å²) in [6.07, 6.45) is 5.70. The summed E-state index contributed by atoms with van der Waals surface area (Å²) in [7, 11) is 2.17. The molecule has 3 nitrogen and oxygen atoms in total. The summed E-state index contributed by atoms with van der Waals surface area (Å²) in [4.78, 5) is 2.38. The topological polar surface area (TPSA) is 39.1 Å². The van der Waals surface area contributed by atoms with Gasteiger partial charge in [0.05, 0.1) is 6.07 Å². The van der Waals surface area contributed by atoms with Gasteiger partial charge in [0.15, 0.2) is 0 Å². The summed E-state index contributed by atoms with van der Waals surface area (Å²) in [5, 5.41) is 12.7. The van der Waals surface area contributed by atoms with E-state index in [1.54, 1.807) is 0 Å². The lowest BCUT2D eigenvalue weighted by molar-refractivity contribution is 0.238. The van der Waals surface area contributed by atoms with E-state index in [4.69, 9.17) is 0 Å². The normalized spacial score (nSPS) is 20.9. The van der Waals surface area contributed by atoms with Crippen LogP contribution in [0, 0.1) is 11.3 Å². The van der Waals surface area contributed by atoms with Crippen molar-refractivity contribution in [3.8, 4) is 6.07 Å². The van der Waals surface area contributed by atoms with E-state index in [2.05, 4.69) is 37.2 Å². The number of hydrogen-bond donors (Lipinski definition) is 1. The Balaban J connectivity index is 2.25. The molecule has 1 rings (SSSR count). The van der Waals surface area contributed by atoms with E-state index in [-0.39, 0.29) is 5.54 Å². The van der Waals surface area contributed by atoms with Crippen molar-refractivity contribution in [2.24, 2.45) is 0 Å². The van der Waals surface area contributed by atoms with Gasteiger partial charge in [0.25, 0.3) is 0 Å². The monoisotopic (exact) mass is 237 g/mol. The first-order chi connectivity index (χ1) is 8.00. The Bertz CT molecular complexity index is 267. The molecule has 1 aliphatic rings. The highest BCUT2D eigenvalue weighted by atomic mass is 15.1. The fraction of sp³-hybridized carbons (Fsp3) is 0.929. The highest BCUT2D eigenvalue weighted by Crippen LogP contribution is 2.24. The molecule has 0 heterocycles. The third-order valence-corrected chi connectivity index (χ3v) is 3.88. The molecule has 0 spiro atoms. The zero-order valence-electron chi connectivity index (χ0n) is 11.8. The van der Waals surface area contributed by atoms with E-state index >= 15 is 0 Å². The molecule has 0 aromatic heterocycles. The minimum Gasteiger partial charge on any atom is -0.304 e. The average molecular weight is 237 g/mol. The molecule has 1 aliphatic carbocycles. The van der Waals surface area contributed by atoms with Crippen molar-refractivity contribution in [1.82, 2.24) is 10.2 Å². The van der Waals surface area contributed by atoms with Crippen molar-refractivity contribution in [3.05, 3.63) is 0 Å². The Labute approximate surface area is 106 Å². The highest BCUT2D eigenvalue weighted by molar-refractivity contribution is 5.07. The molecule has 0 radical (unpaired) electrons. The van der Waals surface area contributed by atoms with E-state index in [1.165, 1.54) is 19.3 Å². The fourth-order valence-electron chi connectivity index (χ4n) is 2.05. The predicted octanol–water partition coefficient (Wildman–Crippen LogP) is 2.53. The molecule has 17 heavy (non-hydrogen) atoms. The lowest BCUT2D eigenvalue weighted by Gasteiger charge is -2.27. The maximum atomic E-state index is 9.26. The van der Waals surface area contributed by atoms with Crippen molar-refractivity contribution in [3.63, 3.8) is 0 Å². The minimum atomic E-state index is -0.322. The van der Waals surface area contributed by atoms with Crippen molar-refractivity contribution in [2.45, 2.75) is 70.5 Å². The maximum absolute atomic E-state index is 9.26. The van der Waals surface area contributed by atoms with Crippen LogP contribution in [0.2, 0.25) is 0 Å². The second-order valence-corrected chi connectivity index (χ2v) is 5.70. The van der Waals surface area contributed by atoms with Gasteiger partial charge in [-0.3, -0.25) is 5.32 Å². The van der Waals surface area contributed by atoms with Gasteiger partial charge in [-0.05, 0) is 59.5 Å². The summed E-state index contributed by atoms with van der Waals surface area (Å²) >= 11 is 0. The summed E-state index contributed by atoms with van der Waals surface area (Å²) in [6.45, 7) is 7.59. The van der Waals surface area contributed by atoms with Gasteiger partial charge in [-0.15, -0.1) is 0 Å². The molecule has 0 aliphatic heterocycles. The van der Waals surface area contributed by atoms with Gasteiger partial charge >= 0.3 is 0 Å². The number of hydrogen-bond acceptors (Lipinski definition) is 3. The second kappa shape index (κ2) is 6.37. The predicted molar refractivity (Wildman–Crippen MR) is 71.8 cm³/mol. The summed E-state index contributed by atoms with van der Waals surface area (Å²) < 4.78 is 0. The van der Waals surface area contributed by atoms with E-state index in [0.29, 0.717) is 12.1 Å². The van der Waals surface area contributed by atoms with Crippen LogP contribution < -0.4 is 5.32 Å². The first-order valence-corrected chi connectivity index (χ1v) is 6.90. The molecule has 1 N–H and O–H groups in total. The molecule has 2 unspecified atom stereocenters. The number of nitrogens with one attached hydrogen (secondary N) is 1. The first kappa shape index (κ1) is 14.5. The van der Waals surface area contributed by atoms with Crippen LogP contribution in [-0.4, -0.2) is 36.1 Å². The Hall–Kier alpha value is -0.590. The Morgan fingerprint density at radius 1 is 1.53 bits per heavy atom. The van der Waals surface area contributed by atoms with E-state index < -0.39 is 0 Å². The molecule has 2 atom stereocenters. The van der Waals surface area contributed by atoms with E-state index in [1.807, 2.05) is 6.92 Å². The van der Waals surface area contributed by atoms with Crippen LogP contribution in [0.5, 0.6) is 0 Å². The van der Waals surface area contributed by atoms with Crippen LogP contribution in [0.25, 0.3) is 0 Å². The average Bonchev–Trinajstić information content (AvgIpc) is 3.11. The molecule has 0 aromatic carbocycles. The minimum absolute atomic E-state index is 0.322. The number of nitriles is 1. The zero-order chi connectivity index (χ0) is 12.9. The first-order valence-electron chi connectivity index (χ1n) is 6.90. The standard InChI is InChI=1S/C14H27N3/c1-5-12(2)17(4)10-6-9-14(3,11-15)16-13-7-8-13/h12-13,16H,5-10H2,1-4H3. The van der Waals surface area contributed by atoms with Gasteiger partial charge < -0.3 is 4.90 Å². The van der Waals surface area contributed by atoms with Crippen molar-refractivity contribution < 1.29 is 0 Å². The van der Waals surface area contributed by atoms with Gasteiger partial charge in [0.1, 0.15) is 5.54 Å². The zero-order valence-corrected chi connectivity index (χ0v) is 11.8. The van der Waals surface area contributed by atoms with Gasteiger partial charge in [-0.25, -0.2) is 0 Å². The van der Waals surface area contributed by atoms with Crippen LogP contribution in [0.4, 0.5) is 0 Å².